The van der Waals surface area contributed by atoms with E-state index in [9.17, 15) is 5.11 Å². The zero-order valence-corrected chi connectivity index (χ0v) is 8.07. The first-order valence-corrected chi connectivity index (χ1v) is 4.52. The van der Waals surface area contributed by atoms with Gasteiger partial charge in [-0.05, 0) is 19.4 Å². The lowest BCUT2D eigenvalue weighted by Gasteiger charge is -2.12. The second kappa shape index (κ2) is 4.40. The maximum absolute atomic E-state index is 9.62. The number of rotatable bonds is 3. The minimum absolute atomic E-state index is 0.392. The third kappa shape index (κ3) is 3.17. The van der Waals surface area contributed by atoms with Crippen LogP contribution in [0.4, 0.5) is 0 Å². The van der Waals surface area contributed by atoms with Crippen molar-refractivity contribution in [2.45, 2.75) is 32.5 Å². The molecule has 2 nitrogen and oxygen atoms in total. The van der Waals surface area contributed by atoms with E-state index in [0.717, 1.165) is 5.56 Å². The average molecular weight is 180 g/mol. The molecule has 0 bridgehead atoms. The van der Waals surface area contributed by atoms with Gasteiger partial charge in [-0.1, -0.05) is 29.8 Å². The van der Waals surface area contributed by atoms with E-state index in [-0.39, 0.29) is 0 Å². The van der Waals surface area contributed by atoms with Gasteiger partial charge in [0.1, 0.15) is 0 Å². The highest BCUT2D eigenvalue weighted by Crippen LogP contribution is 2.18. The number of aryl methyl sites for hydroxylation is 1. The zero-order chi connectivity index (χ0) is 9.84. The summed E-state index contributed by atoms with van der Waals surface area (Å²) < 4.78 is 0. The lowest BCUT2D eigenvalue weighted by Crippen LogP contribution is -2.07. The van der Waals surface area contributed by atoms with Crippen molar-refractivity contribution in [2.75, 3.05) is 0 Å². The average Bonchev–Trinajstić information content (AvgIpc) is 2.04. The van der Waals surface area contributed by atoms with E-state index in [1.807, 2.05) is 31.2 Å². The van der Waals surface area contributed by atoms with Gasteiger partial charge >= 0.3 is 0 Å². The van der Waals surface area contributed by atoms with Gasteiger partial charge < -0.3 is 10.2 Å². The molecule has 0 radical (unpaired) electrons. The molecule has 13 heavy (non-hydrogen) atoms. The highest BCUT2D eigenvalue weighted by Gasteiger charge is 2.09. The molecular formula is C11H16O2. The number of hydrogen-bond donors (Lipinski definition) is 2. The Hall–Kier alpha value is -0.860. The highest BCUT2D eigenvalue weighted by molar-refractivity contribution is 5.23. The third-order valence-electron chi connectivity index (χ3n) is 2.03. The van der Waals surface area contributed by atoms with E-state index >= 15 is 0 Å². The fraction of sp³-hybridized carbons (Fsp3) is 0.455. The molecule has 0 aliphatic heterocycles. The Balaban J connectivity index is 2.66. The summed E-state index contributed by atoms with van der Waals surface area (Å²) in [5, 5.41) is 18.7. The van der Waals surface area contributed by atoms with E-state index < -0.39 is 12.2 Å². The molecule has 0 saturated carbocycles. The second-order valence-electron chi connectivity index (χ2n) is 3.51. The van der Waals surface area contributed by atoms with Crippen molar-refractivity contribution in [1.82, 2.24) is 0 Å². The summed E-state index contributed by atoms with van der Waals surface area (Å²) in [4.78, 5) is 0. The van der Waals surface area contributed by atoms with Crippen LogP contribution >= 0.6 is 0 Å². The van der Waals surface area contributed by atoms with Crippen molar-refractivity contribution in [3.8, 4) is 0 Å². The molecule has 0 unspecified atom stereocenters. The second-order valence-corrected chi connectivity index (χ2v) is 3.51. The summed E-state index contributed by atoms with van der Waals surface area (Å²) in [7, 11) is 0. The van der Waals surface area contributed by atoms with E-state index in [0.29, 0.717) is 6.42 Å². The molecule has 1 aromatic carbocycles. The van der Waals surface area contributed by atoms with Gasteiger partial charge in [0.05, 0.1) is 12.2 Å². The largest absolute Gasteiger partial charge is 0.393 e. The van der Waals surface area contributed by atoms with E-state index in [1.54, 1.807) is 6.92 Å². The van der Waals surface area contributed by atoms with Crippen LogP contribution in [0.5, 0.6) is 0 Å². The molecule has 0 amide bonds. The van der Waals surface area contributed by atoms with Crippen molar-refractivity contribution in [2.24, 2.45) is 0 Å². The summed E-state index contributed by atoms with van der Waals surface area (Å²) in [6.07, 6.45) is -0.625. The smallest absolute Gasteiger partial charge is 0.0814 e. The van der Waals surface area contributed by atoms with Crippen molar-refractivity contribution in [3.63, 3.8) is 0 Å². The van der Waals surface area contributed by atoms with Crippen LogP contribution in [0.3, 0.4) is 0 Å². The Morgan fingerprint density at radius 2 is 1.69 bits per heavy atom. The fourth-order valence-corrected chi connectivity index (χ4v) is 1.25. The van der Waals surface area contributed by atoms with E-state index in [4.69, 9.17) is 5.11 Å². The van der Waals surface area contributed by atoms with Crippen LogP contribution in [0, 0.1) is 6.92 Å². The molecule has 0 aliphatic carbocycles. The molecular weight excluding hydrogens is 164 g/mol. The fourth-order valence-electron chi connectivity index (χ4n) is 1.25. The van der Waals surface area contributed by atoms with E-state index in [1.165, 1.54) is 5.56 Å². The molecule has 1 aromatic rings. The van der Waals surface area contributed by atoms with Gasteiger partial charge in [-0.15, -0.1) is 0 Å². The van der Waals surface area contributed by atoms with Crippen molar-refractivity contribution in [1.29, 1.82) is 0 Å². The summed E-state index contributed by atoms with van der Waals surface area (Å²) in [6.45, 7) is 3.68. The molecule has 72 valence electrons. The maximum Gasteiger partial charge on any atom is 0.0814 e. The first-order chi connectivity index (χ1) is 6.09. The molecule has 0 aromatic heterocycles. The Labute approximate surface area is 78.8 Å². The van der Waals surface area contributed by atoms with Crippen LogP contribution in [-0.4, -0.2) is 16.3 Å². The molecule has 0 fully saturated rings. The van der Waals surface area contributed by atoms with Gasteiger partial charge in [-0.3, -0.25) is 0 Å². The maximum atomic E-state index is 9.62. The standard InChI is InChI=1S/C11H16O2/c1-8-3-5-10(6-4-8)11(13)7-9(2)12/h3-6,9,11-13H,7H2,1-2H3/t9-,11+/m0/s1. The Bertz CT molecular complexity index is 251. The minimum atomic E-state index is -0.555. The lowest BCUT2D eigenvalue weighted by molar-refractivity contribution is 0.0907. The summed E-state index contributed by atoms with van der Waals surface area (Å²) in [5.41, 5.74) is 2.04. The Kier molecular flexibility index (Phi) is 3.46. The van der Waals surface area contributed by atoms with Crippen LogP contribution in [0.1, 0.15) is 30.6 Å². The monoisotopic (exact) mass is 180 g/mol. The van der Waals surface area contributed by atoms with Gasteiger partial charge in [-0.2, -0.15) is 0 Å². The van der Waals surface area contributed by atoms with E-state index in [2.05, 4.69) is 0 Å². The molecule has 0 spiro atoms. The molecule has 2 atom stereocenters. The molecule has 0 heterocycles. The van der Waals surface area contributed by atoms with Gasteiger partial charge in [0.15, 0.2) is 0 Å². The SMILES string of the molecule is Cc1ccc([C@H](O)C[C@H](C)O)cc1. The van der Waals surface area contributed by atoms with Gasteiger partial charge in [-0.25, -0.2) is 0 Å². The molecule has 2 heteroatoms. The summed E-state index contributed by atoms with van der Waals surface area (Å²) >= 11 is 0. The normalized spacial score (nSPS) is 15.4. The first kappa shape index (κ1) is 10.2. The molecule has 0 saturated heterocycles. The predicted molar refractivity (Wildman–Crippen MR) is 52.4 cm³/mol. The summed E-state index contributed by atoms with van der Waals surface area (Å²) in [6, 6.07) is 7.70. The highest BCUT2D eigenvalue weighted by atomic mass is 16.3. The summed E-state index contributed by atoms with van der Waals surface area (Å²) in [5.74, 6) is 0. The number of aliphatic hydroxyl groups excluding tert-OH is 2. The molecule has 0 aliphatic rings. The minimum Gasteiger partial charge on any atom is -0.393 e. The molecule has 1 rings (SSSR count). The van der Waals surface area contributed by atoms with Gasteiger partial charge in [0.25, 0.3) is 0 Å². The number of benzene rings is 1. The lowest BCUT2D eigenvalue weighted by atomic mass is 10.0. The van der Waals surface area contributed by atoms with Crippen LogP contribution < -0.4 is 0 Å². The quantitative estimate of drug-likeness (QED) is 0.744. The van der Waals surface area contributed by atoms with Crippen molar-refractivity contribution in [3.05, 3.63) is 35.4 Å². The zero-order valence-electron chi connectivity index (χ0n) is 8.07. The predicted octanol–water partition coefficient (Wildman–Crippen LogP) is 1.80. The van der Waals surface area contributed by atoms with Crippen LogP contribution in [0.15, 0.2) is 24.3 Å². The number of hydrogen-bond acceptors (Lipinski definition) is 2. The van der Waals surface area contributed by atoms with Crippen LogP contribution in [0.2, 0.25) is 0 Å². The Morgan fingerprint density at radius 1 is 1.15 bits per heavy atom. The van der Waals surface area contributed by atoms with Crippen molar-refractivity contribution >= 4 is 0 Å². The first-order valence-electron chi connectivity index (χ1n) is 4.52. The van der Waals surface area contributed by atoms with Gasteiger partial charge in [0.2, 0.25) is 0 Å². The van der Waals surface area contributed by atoms with Gasteiger partial charge in [0, 0.05) is 6.42 Å². The number of aliphatic hydroxyl groups is 2. The van der Waals surface area contributed by atoms with Crippen LogP contribution in [0.25, 0.3) is 0 Å². The Morgan fingerprint density at radius 3 is 2.15 bits per heavy atom. The van der Waals surface area contributed by atoms with Crippen molar-refractivity contribution < 1.29 is 10.2 Å². The third-order valence-corrected chi connectivity index (χ3v) is 2.03. The van der Waals surface area contributed by atoms with Crippen LogP contribution in [-0.2, 0) is 0 Å². The molecule has 2 N–H and O–H groups in total. The topological polar surface area (TPSA) is 40.5 Å².